The molecule has 100 valence electrons. The van der Waals surface area contributed by atoms with Crippen LogP contribution in [0.15, 0.2) is 11.6 Å². The SMILES string of the molecule is CCOC(=O)N[C@H](C(=O)Nc1nccs1)C(C)C. The van der Waals surface area contributed by atoms with E-state index in [2.05, 4.69) is 15.6 Å². The third-order valence-electron chi connectivity index (χ3n) is 2.16. The van der Waals surface area contributed by atoms with Gasteiger partial charge in [-0.1, -0.05) is 13.8 Å². The highest BCUT2D eigenvalue weighted by molar-refractivity contribution is 7.13. The largest absolute Gasteiger partial charge is 0.450 e. The van der Waals surface area contributed by atoms with Gasteiger partial charge in [-0.3, -0.25) is 4.79 Å². The molecule has 2 amide bonds. The van der Waals surface area contributed by atoms with Crippen LogP contribution in [0.25, 0.3) is 0 Å². The normalized spacial score (nSPS) is 12.0. The maximum Gasteiger partial charge on any atom is 0.407 e. The highest BCUT2D eigenvalue weighted by Crippen LogP contribution is 2.12. The van der Waals surface area contributed by atoms with E-state index in [-0.39, 0.29) is 18.4 Å². The van der Waals surface area contributed by atoms with Gasteiger partial charge in [0.15, 0.2) is 5.13 Å². The number of amides is 2. The molecule has 0 radical (unpaired) electrons. The predicted octanol–water partition coefficient (Wildman–Crippen LogP) is 1.85. The van der Waals surface area contributed by atoms with Gasteiger partial charge in [0.1, 0.15) is 6.04 Å². The van der Waals surface area contributed by atoms with Crippen LogP contribution in [0.4, 0.5) is 9.93 Å². The van der Waals surface area contributed by atoms with E-state index in [4.69, 9.17) is 4.74 Å². The Balaban J connectivity index is 2.61. The Labute approximate surface area is 110 Å². The number of hydrogen-bond donors (Lipinski definition) is 2. The molecule has 1 aromatic rings. The van der Waals surface area contributed by atoms with Gasteiger partial charge in [0.25, 0.3) is 0 Å². The molecule has 0 aliphatic rings. The van der Waals surface area contributed by atoms with Gasteiger partial charge >= 0.3 is 6.09 Å². The number of anilines is 1. The van der Waals surface area contributed by atoms with E-state index in [1.807, 2.05) is 13.8 Å². The monoisotopic (exact) mass is 271 g/mol. The first kappa shape index (κ1) is 14.4. The van der Waals surface area contributed by atoms with Crippen LogP contribution in [-0.4, -0.2) is 29.6 Å². The molecule has 0 spiro atoms. The lowest BCUT2D eigenvalue weighted by Gasteiger charge is -2.20. The van der Waals surface area contributed by atoms with Gasteiger partial charge in [-0.2, -0.15) is 0 Å². The molecule has 0 saturated carbocycles. The lowest BCUT2D eigenvalue weighted by atomic mass is 10.0. The van der Waals surface area contributed by atoms with Crippen molar-refractivity contribution in [2.45, 2.75) is 26.8 Å². The summed E-state index contributed by atoms with van der Waals surface area (Å²) in [5.41, 5.74) is 0. The fraction of sp³-hybridized carbons (Fsp3) is 0.545. The summed E-state index contributed by atoms with van der Waals surface area (Å²) < 4.78 is 4.76. The van der Waals surface area contributed by atoms with Crippen molar-refractivity contribution in [3.8, 4) is 0 Å². The summed E-state index contributed by atoms with van der Waals surface area (Å²) in [6, 6.07) is -0.645. The van der Waals surface area contributed by atoms with Crippen molar-refractivity contribution in [2.24, 2.45) is 5.92 Å². The standard InChI is InChI=1S/C11H17N3O3S/c1-4-17-11(16)13-8(7(2)3)9(15)14-10-12-5-6-18-10/h5-8H,4H2,1-3H3,(H,13,16)(H,12,14,15)/t8-/m0/s1. The Morgan fingerprint density at radius 3 is 2.72 bits per heavy atom. The van der Waals surface area contributed by atoms with Crippen molar-refractivity contribution < 1.29 is 14.3 Å². The number of hydrogen-bond acceptors (Lipinski definition) is 5. The highest BCUT2D eigenvalue weighted by Gasteiger charge is 2.25. The number of carbonyl (C=O) groups excluding carboxylic acids is 2. The molecule has 1 atom stereocenters. The van der Waals surface area contributed by atoms with Crippen molar-refractivity contribution in [3.05, 3.63) is 11.6 Å². The Kier molecular flexibility index (Phi) is 5.57. The molecule has 0 bridgehead atoms. The first-order valence-corrected chi connectivity index (χ1v) is 6.56. The summed E-state index contributed by atoms with van der Waals surface area (Å²) in [6.45, 7) is 5.67. The summed E-state index contributed by atoms with van der Waals surface area (Å²) in [7, 11) is 0. The number of ether oxygens (including phenoxy) is 1. The smallest absolute Gasteiger partial charge is 0.407 e. The van der Waals surface area contributed by atoms with Crippen molar-refractivity contribution >= 4 is 28.5 Å². The molecule has 0 aromatic carbocycles. The van der Waals surface area contributed by atoms with Gasteiger partial charge < -0.3 is 15.4 Å². The summed E-state index contributed by atoms with van der Waals surface area (Å²) in [5, 5.41) is 7.46. The van der Waals surface area contributed by atoms with E-state index in [0.29, 0.717) is 5.13 Å². The Hall–Kier alpha value is -1.63. The van der Waals surface area contributed by atoms with Crippen molar-refractivity contribution in [3.63, 3.8) is 0 Å². The molecule has 18 heavy (non-hydrogen) atoms. The van der Waals surface area contributed by atoms with Crippen LogP contribution in [-0.2, 0) is 9.53 Å². The second-order valence-corrected chi connectivity index (χ2v) is 4.81. The Bertz CT molecular complexity index is 392. The van der Waals surface area contributed by atoms with Gasteiger partial charge in [-0.05, 0) is 12.8 Å². The van der Waals surface area contributed by atoms with E-state index >= 15 is 0 Å². The van der Waals surface area contributed by atoms with Gasteiger partial charge in [0, 0.05) is 11.6 Å². The van der Waals surface area contributed by atoms with E-state index in [9.17, 15) is 9.59 Å². The van der Waals surface area contributed by atoms with Crippen LogP contribution in [0.3, 0.4) is 0 Å². The van der Waals surface area contributed by atoms with Crippen LogP contribution < -0.4 is 10.6 Å². The minimum Gasteiger partial charge on any atom is -0.450 e. The number of rotatable bonds is 5. The zero-order chi connectivity index (χ0) is 13.5. The van der Waals surface area contributed by atoms with Crippen LogP contribution >= 0.6 is 11.3 Å². The van der Waals surface area contributed by atoms with Gasteiger partial charge in [0.2, 0.25) is 5.91 Å². The first-order valence-electron chi connectivity index (χ1n) is 5.68. The molecule has 0 aliphatic carbocycles. The molecule has 0 unspecified atom stereocenters. The molecule has 0 fully saturated rings. The van der Waals surface area contributed by atoms with E-state index in [0.717, 1.165) is 0 Å². The number of nitrogens with zero attached hydrogens (tertiary/aromatic N) is 1. The van der Waals surface area contributed by atoms with Gasteiger partial charge in [0.05, 0.1) is 6.61 Å². The number of alkyl carbamates (subject to hydrolysis) is 1. The minimum atomic E-state index is -0.645. The quantitative estimate of drug-likeness (QED) is 0.856. The molecular formula is C11H17N3O3S. The lowest BCUT2D eigenvalue weighted by Crippen LogP contribution is -2.47. The van der Waals surface area contributed by atoms with Crippen molar-refractivity contribution in [1.29, 1.82) is 0 Å². The molecule has 7 heteroatoms. The number of nitrogens with one attached hydrogen (secondary N) is 2. The van der Waals surface area contributed by atoms with Crippen LogP contribution in [0.5, 0.6) is 0 Å². The predicted molar refractivity (Wildman–Crippen MR) is 69.5 cm³/mol. The topological polar surface area (TPSA) is 80.3 Å². The molecule has 0 aliphatic heterocycles. The second kappa shape index (κ2) is 6.95. The van der Waals surface area contributed by atoms with Crippen LogP contribution in [0.1, 0.15) is 20.8 Å². The van der Waals surface area contributed by atoms with Crippen LogP contribution in [0.2, 0.25) is 0 Å². The van der Waals surface area contributed by atoms with E-state index < -0.39 is 12.1 Å². The van der Waals surface area contributed by atoms with Gasteiger partial charge in [-0.25, -0.2) is 9.78 Å². The maximum atomic E-state index is 12.0. The van der Waals surface area contributed by atoms with Crippen molar-refractivity contribution in [1.82, 2.24) is 10.3 Å². The summed E-state index contributed by atoms with van der Waals surface area (Å²) >= 11 is 1.32. The van der Waals surface area contributed by atoms with E-state index in [1.54, 1.807) is 18.5 Å². The lowest BCUT2D eigenvalue weighted by molar-refractivity contribution is -0.119. The zero-order valence-electron chi connectivity index (χ0n) is 10.6. The molecule has 2 N–H and O–H groups in total. The summed E-state index contributed by atoms with van der Waals surface area (Å²) in [6.07, 6.45) is 1.01. The second-order valence-electron chi connectivity index (χ2n) is 3.91. The summed E-state index contributed by atoms with van der Waals surface area (Å²) in [5.74, 6) is -0.345. The maximum absolute atomic E-state index is 12.0. The van der Waals surface area contributed by atoms with Crippen LogP contribution in [0, 0.1) is 5.92 Å². The zero-order valence-corrected chi connectivity index (χ0v) is 11.4. The highest BCUT2D eigenvalue weighted by atomic mass is 32.1. The fourth-order valence-electron chi connectivity index (χ4n) is 1.30. The Morgan fingerprint density at radius 2 is 2.22 bits per heavy atom. The molecular weight excluding hydrogens is 254 g/mol. The Morgan fingerprint density at radius 1 is 1.50 bits per heavy atom. The molecule has 1 heterocycles. The first-order chi connectivity index (χ1) is 8.54. The third kappa shape index (κ3) is 4.33. The average molecular weight is 271 g/mol. The van der Waals surface area contributed by atoms with Crippen molar-refractivity contribution in [2.75, 3.05) is 11.9 Å². The average Bonchev–Trinajstić information content (AvgIpc) is 2.78. The fourth-order valence-corrected chi connectivity index (χ4v) is 1.83. The molecule has 0 saturated heterocycles. The van der Waals surface area contributed by atoms with Gasteiger partial charge in [-0.15, -0.1) is 11.3 Å². The molecule has 1 aromatic heterocycles. The van der Waals surface area contributed by atoms with E-state index in [1.165, 1.54) is 11.3 Å². The number of carbonyl (C=O) groups is 2. The third-order valence-corrected chi connectivity index (χ3v) is 2.85. The number of aromatic nitrogens is 1. The summed E-state index contributed by atoms with van der Waals surface area (Å²) in [4.78, 5) is 27.3. The number of thiazole rings is 1. The minimum absolute atomic E-state index is 0.0469. The molecule has 1 rings (SSSR count). The molecule has 6 nitrogen and oxygen atoms in total.